The summed E-state index contributed by atoms with van der Waals surface area (Å²) in [5.74, 6) is 0.833. The zero-order valence-electron chi connectivity index (χ0n) is 14.3. The molecule has 1 heterocycles. The molecule has 24 heavy (non-hydrogen) atoms. The van der Waals surface area contributed by atoms with Gasteiger partial charge in [0, 0.05) is 25.3 Å². The Balaban J connectivity index is 0.00000208. The van der Waals surface area contributed by atoms with Gasteiger partial charge in [-0.3, -0.25) is 9.79 Å². The second-order valence-electron chi connectivity index (χ2n) is 6.33. The molecule has 1 saturated carbocycles. The first-order valence-electron chi connectivity index (χ1n) is 8.63. The quantitative estimate of drug-likeness (QED) is 0.430. The molecule has 1 amide bonds. The summed E-state index contributed by atoms with van der Waals surface area (Å²) >= 11 is 0. The highest BCUT2D eigenvalue weighted by Gasteiger charge is 2.24. The zero-order valence-corrected chi connectivity index (χ0v) is 16.6. The van der Waals surface area contributed by atoms with Crippen LogP contribution in [0.1, 0.15) is 37.7 Å². The van der Waals surface area contributed by atoms with E-state index in [1.54, 1.807) is 7.05 Å². The number of carbonyl (C=O) groups excluding carboxylic acids is 1. The molecule has 0 bridgehead atoms. The van der Waals surface area contributed by atoms with Crippen molar-refractivity contribution in [3.8, 4) is 0 Å². The van der Waals surface area contributed by atoms with Crippen LogP contribution >= 0.6 is 24.0 Å². The number of halogens is 1. The lowest BCUT2D eigenvalue weighted by molar-refractivity contribution is -0.117. The lowest BCUT2D eigenvalue weighted by atomic mass is 9.96. The lowest BCUT2D eigenvalue weighted by Crippen LogP contribution is -2.47. The largest absolute Gasteiger partial charge is 0.354 e. The Bertz CT molecular complexity index is 584. The highest BCUT2D eigenvalue weighted by molar-refractivity contribution is 14.0. The Morgan fingerprint density at radius 2 is 2.00 bits per heavy atom. The molecule has 0 aromatic heterocycles. The topological polar surface area (TPSA) is 56.7 Å². The van der Waals surface area contributed by atoms with Crippen LogP contribution in [0.25, 0.3) is 0 Å². The number of anilines is 1. The molecular formula is C18H27IN4O. The van der Waals surface area contributed by atoms with Crippen molar-refractivity contribution in [2.45, 2.75) is 44.6 Å². The summed E-state index contributed by atoms with van der Waals surface area (Å²) in [6.45, 7) is 1.05. The summed E-state index contributed by atoms with van der Waals surface area (Å²) < 4.78 is 0. The van der Waals surface area contributed by atoms with Gasteiger partial charge in [-0.1, -0.05) is 37.5 Å². The number of fused-ring (bicyclic) bond motifs is 1. The molecule has 132 valence electrons. The molecule has 0 radical (unpaired) electrons. The molecule has 1 aromatic rings. The average molecular weight is 442 g/mol. The number of nitrogens with zero attached hydrogens (tertiary/aromatic N) is 2. The number of hydrogen-bond donors (Lipinski definition) is 2. The van der Waals surface area contributed by atoms with Crippen molar-refractivity contribution < 1.29 is 4.79 Å². The number of rotatable bonds is 3. The Kier molecular flexibility index (Phi) is 7.33. The lowest BCUT2D eigenvalue weighted by Gasteiger charge is -2.25. The van der Waals surface area contributed by atoms with Crippen LogP contribution in [0.4, 0.5) is 5.69 Å². The van der Waals surface area contributed by atoms with Crippen molar-refractivity contribution in [1.29, 1.82) is 0 Å². The SMILES string of the molecule is CN=C(NCC(=O)N1CCc2ccccc21)NC1CCCCC1.I. The van der Waals surface area contributed by atoms with Gasteiger partial charge in [-0.25, -0.2) is 0 Å². The monoisotopic (exact) mass is 442 g/mol. The first kappa shape index (κ1) is 19.0. The van der Waals surface area contributed by atoms with Gasteiger partial charge in [0.25, 0.3) is 0 Å². The molecule has 6 heteroatoms. The molecule has 1 aliphatic heterocycles. The van der Waals surface area contributed by atoms with E-state index >= 15 is 0 Å². The number of benzene rings is 1. The van der Waals surface area contributed by atoms with E-state index in [1.165, 1.54) is 37.7 Å². The predicted molar refractivity (Wildman–Crippen MR) is 109 cm³/mol. The smallest absolute Gasteiger partial charge is 0.246 e. The maximum absolute atomic E-state index is 12.5. The Labute approximate surface area is 161 Å². The van der Waals surface area contributed by atoms with E-state index in [9.17, 15) is 4.79 Å². The van der Waals surface area contributed by atoms with Crippen LogP contribution in [0.2, 0.25) is 0 Å². The standard InChI is InChI=1S/C18H26N4O.HI/c1-19-18(21-15-8-3-2-4-9-15)20-13-17(23)22-12-11-14-7-5-6-10-16(14)22;/h5-7,10,15H,2-4,8-9,11-13H2,1H3,(H2,19,20,21);1H. The van der Waals surface area contributed by atoms with Crippen LogP contribution in [0.5, 0.6) is 0 Å². The van der Waals surface area contributed by atoms with Crippen LogP contribution in [0, 0.1) is 0 Å². The molecule has 5 nitrogen and oxygen atoms in total. The fraction of sp³-hybridized carbons (Fsp3) is 0.556. The van der Waals surface area contributed by atoms with E-state index in [0.717, 1.165) is 24.6 Å². The third-order valence-electron chi connectivity index (χ3n) is 4.76. The fourth-order valence-electron chi connectivity index (χ4n) is 3.49. The average Bonchev–Trinajstić information content (AvgIpc) is 3.03. The maximum atomic E-state index is 12.5. The maximum Gasteiger partial charge on any atom is 0.246 e. The molecule has 0 spiro atoms. The number of hydrogen-bond acceptors (Lipinski definition) is 2. The second kappa shape index (κ2) is 9.25. The number of carbonyl (C=O) groups is 1. The molecule has 0 atom stereocenters. The van der Waals surface area contributed by atoms with Gasteiger partial charge in [-0.2, -0.15) is 0 Å². The number of para-hydroxylation sites is 1. The summed E-state index contributed by atoms with van der Waals surface area (Å²) in [6.07, 6.45) is 7.20. The third-order valence-corrected chi connectivity index (χ3v) is 4.76. The van der Waals surface area contributed by atoms with Gasteiger partial charge in [0.15, 0.2) is 5.96 Å². The van der Waals surface area contributed by atoms with Crippen LogP contribution in [0.3, 0.4) is 0 Å². The van der Waals surface area contributed by atoms with E-state index in [4.69, 9.17) is 0 Å². The molecule has 1 aromatic carbocycles. The minimum Gasteiger partial charge on any atom is -0.354 e. The Morgan fingerprint density at radius 3 is 2.75 bits per heavy atom. The molecule has 1 fully saturated rings. The molecule has 2 N–H and O–H groups in total. The van der Waals surface area contributed by atoms with Gasteiger partial charge < -0.3 is 15.5 Å². The summed E-state index contributed by atoms with van der Waals surface area (Å²) in [5, 5.41) is 6.61. The second-order valence-corrected chi connectivity index (χ2v) is 6.33. The van der Waals surface area contributed by atoms with Crippen LogP contribution in [0.15, 0.2) is 29.3 Å². The van der Waals surface area contributed by atoms with Gasteiger partial charge in [0.05, 0.1) is 6.54 Å². The molecule has 0 unspecified atom stereocenters. The van der Waals surface area contributed by atoms with Crippen molar-refractivity contribution in [2.75, 3.05) is 25.0 Å². The number of nitrogens with one attached hydrogen (secondary N) is 2. The van der Waals surface area contributed by atoms with Gasteiger partial charge >= 0.3 is 0 Å². The van der Waals surface area contributed by atoms with E-state index in [-0.39, 0.29) is 36.4 Å². The first-order chi connectivity index (χ1) is 11.3. The first-order valence-corrected chi connectivity index (χ1v) is 8.63. The predicted octanol–water partition coefficient (Wildman–Crippen LogP) is 2.69. The van der Waals surface area contributed by atoms with Crippen LogP contribution in [-0.2, 0) is 11.2 Å². The molecule has 1 aliphatic carbocycles. The van der Waals surface area contributed by atoms with Crippen molar-refractivity contribution >= 4 is 41.5 Å². The number of amides is 1. The zero-order chi connectivity index (χ0) is 16.1. The molecular weight excluding hydrogens is 415 g/mol. The van der Waals surface area contributed by atoms with E-state index < -0.39 is 0 Å². The van der Waals surface area contributed by atoms with Crippen molar-refractivity contribution in [3.63, 3.8) is 0 Å². The molecule has 3 rings (SSSR count). The van der Waals surface area contributed by atoms with Crippen molar-refractivity contribution in [3.05, 3.63) is 29.8 Å². The van der Waals surface area contributed by atoms with E-state index in [1.807, 2.05) is 23.1 Å². The van der Waals surface area contributed by atoms with E-state index in [2.05, 4.69) is 21.7 Å². The number of aliphatic imine (C=N–C) groups is 1. The van der Waals surface area contributed by atoms with Crippen LogP contribution in [-0.4, -0.2) is 38.0 Å². The van der Waals surface area contributed by atoms with Gasteiger partial charge in [0.1, 0.15) is 0 Å². The van der Waals surface area contributed by atoms with Crippen molar-refractivity contribution in [2.24, 2.45) is 4.99 Å². The highest BCUT2D eigenvalue weighted by atomic mass is 127. The summed E-state index contributed by atoms with van der Waals surface area (Å²) in [5.41, 5.74) is 2.31. The number of guanidine groups is 1. The summed E-state index contributed by atoms with van der Waals surface area (Å²) in [4.78, 5) is 18.6. The summed E-state index contributed by atoms with van der Waals surface area (Å²) in [7, 11) is 1.76. The van der Waals surface area contributed by atoms with Gasteiger partial charge in [-0.15, -0.1) is 24.0 Å². The summed E-state index contributed by atoms with van der Waals surface area (Å²) in [6, 6.07) is 8.62. The molecule has 2 aliphatic rings. The van der Waals surface area contributed by atoms with Gasteiger partial charge in [-0.05, 0) is 30.9 Å². The van der Waals surface area contributed by atoms with Gasteiger partial charge in [0.2, 0.25) is 5.91 Å². The fourth-order valence-corrected chi connectivity index (χ4v) is 3.49. The van der Waals surface area contributed by atoms with Crippen molar-refractivity contribution in [1.82, 2.24) is 10.6 Å². The molecule has 0 saturated heterocycles. The normalized spacial score (nSPS) is 17.9. The Hall–Kier alpha value is -1.31. The minimum absolute atomic E-state index is 0. The minimum atomic E-state index is 0. The Morgan fingerprint density at radius 1 is 1.25 bits per heavy atom. The van der Waals surface area contributed by atoms with Crippen LogP contribution < -0.4 is 15.5 Å². The highest BCUT2D eigenvalue weighted by Crippen LogP contribution is 2.27. The third kappa shape index (κ3) is 4.62. The van der Waals surface area contributed by atoms with E-state index in [0.29, 0.717) is 6.04 Å².